The quantitative estimate of drug-likeness (QED) is 0.858. The van der Waals surface area contributed by atoms with Gasteiger partial charge in [0.1, 0.15) is 0 Å². The molecule has 1 nitrogen and oxygen atoms in total. The highest BCUT2D eigenvalue weighted by Crippen LogP contribution is 2.27. The van der Waals surface area contributed by atoms with Gasteiger partial charge in [-0.15, -0.1) is 0 Å². The molecule has 0 bridgehead atoms. The Morgan fingerprint density at radius 2 is 1.75 bits per heavy atom. The first-order chi connectivity index (χ1) is 9.61. The normalized spacial score (nSPS) is 18.9. The number of rotatable bonds is 3. The molecule has 0 fully saturated rings. The number of halogens is 2. The van der Waals surface area contributed by atoms with Gasteiger partial charge in [-0.25, -0.2) is 0 Å². The van der Waals surface area contributed by atoms with Gasteiger partial charge in [0.2, 0.25) is 0 Å². The van der Waals surface area contributed by atoms with Crippen molar-refractivity contribution in [1.82, 2.24) is 5.32 Å². The fourth-order valence-electron chi connectivity index (χ4n) is 2.93. The van der Waals surface area contributed by atoms with Crippen molar-refractivity contribution < 1.29 is 0 Å². The molecule has 2 atom stereocenters. The Morgan fingerprint density at radius 3 is 2.55 bits per heavy atom. The van der Waals surface area contributed by atoms with Gasteiger partial charge in [-0.2, -0.15) is 0 Å². The van der Waals surface area contributed by atoms with Crippen LogP contribution in [0.25, 0.3) is 0 Å². The molecule has 0 heterocycles. The first kappa shape index (κ1) is 13.9. The molecule has 2 aromatic carbocycles. The number of benzene rings is 2. The molecule has 1 unspecified atom stereocenters. The molecule has 0 saturated heterocycles. The lowest BCUT2D eigenvalue weighted by molar-refractivity contribution is 0.467. The van der Waals surface area contributed by atoms with Crippen LogP contribution in [0.4, 0.5) is 0 Å². The molecule has 0 amide bonds. The first-order valence-electron chi connectivity index (χ1n) is 6.90. The highest BCUT2D eigenvalue weighted by atomic mass is 35.5. The van der Waals surface area contributed by atoms with Crippen molar-refractivity contribution in [2.24, 2.45) is 0 Å². The van der Waals surface area contributed by atoms with Crippen LogP contribution in [-0.2, 0) is 12.8 Å². The maximum Gasteiger partial charge on any atom is 0.0409 e. The molecule has 1 aliphatic rings. The Morgan fingerprint density at radius 1 is 1.00 bits per heavy atom. The molecule has 1 aliphatic carbocycles. The molecule has 3 heteroatoms. The average Bonchev–Trinajstić information content (AvgIpc) is 2.80. The molecule has 0 radical (unpaired) electrons. The maximum absolute atomic E-state index is 6.06. The zero-order valence-electron chi connectivity index (χ0n) is 11.4. The lowest BCUT2D eigenvalue weighted by Gasteiger charge is -2.19. The van der Waals surface area contributed by atoms with E-state index in [1.807, 2.05) is 24.3 Å². The molecule has 0 saturated carbocycles. The Hall–Kier alpha value is -1.02. The third kappa shape index (κ3) is 3.01. The molecule has 2 aromatic rings. The molecule has 1 N–H and O–H groups in total. The first-order valence-corrected chi connectivity index (χ1v) is 7.66. The van der Waals surface area contributed by atoms with E-state index in [9.17, 15) is 0 Å². The second kappa shape index (κ2) is 5.77. The molecule has 20 heavy (non-hydrogen) atoms. The van der Waals surface area contributed by atoms with E-state index in [-0.39, 0.29) is 0 Å². The summed E-state index contributed by atoms with van der Waals surface area (Å²) in [6.07, 6.45) is 2.11. The number of nitrogens with one attached hydrogen (secondary N) is 1. The summed E-state index contributed by atoms with van der Waals surface area (Å²) in [6.45, 7) is 2.18. The highest BCUT2D eigenvalue weighted by Gasteiger charge is 2.23. The van der Waals surface area contributed by atoms with Crippen LogP contribution >= 0.6 is 23.2 Å². The average molecular weight is 306 g/mol. The molecule has 3 rings (SSSR count). The van der Waals surface area contributed by atoms with Gasteiger partial charge in [-0.1, -0.05) is 41.4 Å². The zero-order chi connectivity index (χ0) is 14.1. The van der Waals surface area contributed by atoms with Crippen molar-refractivity contribution in [2.75, 3.05) is 0 Å². The fraction of sp³-hybridized carbons (Fsp3) is 0.294. The maximum atomic E-state index is 6.06. The third-order valence-electron chi connectivity index (χ3n) is 3.94. The second-order valence-electron chi connectivity index (χ2n) is 5.46. The fourth-order valence-corrected chi connectivity index (χ4v) is 3.32. The van der Waals surface area contributed by atoms with E-state index in [1.54, 1.807) is 0 Å². The van der Waals surface area contributed by atoms with Crippen LogP contribution in [0.5, 0.6) is 0 Å². The zero-order valence-corrected chi connectivity index (χ0v) is 12.9. The van der Waals surface area contributed by atoms with Gasteiger partial charge < -0.3 is 5.32 Å². The second-order valence-corrected chi connectivity index (χ2v) is 6.33. The lowest BCUT2D eigenvalue weighted by Crippen LogP contribution is -2.32. The van der Waals surface area contributed by atoms with E-state index < -0.39 is 0 Å². The third-order valence-corrected chi connectivity index (χ3v) is 4.41. The largest absolute Gasteiger partial charge is 0.307 e. The van der Waals surface area contributed by atoms with Crippen molar-refractivity contribution in [3.05, 3.63) is 69.2 Å². The van der Waals surface area contributed by atoms with Crippen LogP contribution in [-0.4, -0.2) is 6.04 Å². The van der Waals surface area contributed by atoms with Gasteiger partial charge >= 0.3 is 0 Å². The molecule has 0 aliphatic heterocycles. The van der Waals surface area contributed by atoms with E-state index >= 15 is 0 Å². The van der Waals surface area contributed by atoms with Gasteiger partial charge in [0.05, 0.1) is 0 Å². The van der Waals surface area contributed by atoms with Crippen molar-refractivity contribution in [1.29, 1.82) is 0 Å². The standard InChI is InChI=1S/C17H17Cl2N/c1-11(12-3-2-4-15(18)7-12)20-17-9-13-5-6-16(19)8-14(13)10-17/h2-8,11,17,20H,9-10H2,1H3/t11-,17?/m1/s1. The monoisotopic (exact) mass is 305 g/mol. The van der Waals surface area contributed by atoms with Gasteiger partial charge in [0, 0.05) is 22.1 Å². The van der Waals surface area contributed by atoms with Crippen molar-refractivity contribution in [3.63, 3.8) is 0 Å². The van der Waals surface area contributed by atoms with Crippen LogP contribution < -0.4 is 5.32 Å². The minimum Gasteiger partial charge on any atom is -0.307 e. The highest BCUT2D eigenvalue weighted by molar-refractivity contribution is 6.30. The number of hydrogen-bond donors (Lipinski definition) is 1. The Balaban J connectivity index is 1.68. The summed E-state index contributed by atoms with van der Waals surface area (Å²) in [5.74, 6) is 0. The summed E-state index contributed by atoms with van der Waals surface area (Å²) < 4.78 is 0. The molecule has 104 valence electrons. The van der Waals surface area contributed by atoms with Crippen LogP contribution in [0.15, 0.2) is 42.5 Å². The van der Waals surface area contributed by atoms with Gasteiger partial charge in [-0.3, -0.25) is 0 Å². The van der Waals surface area contributed by atoms with Crippen molar-refractivity contribution >= 4 is 23.2 Å². The summed E-state index contributed by atoms with van der Waals surface area (Å²) in [5, 5.41) is 5.30. The summed E-state index contributed by atoms with van der Waals surface area (Å²) in [6, 6.07) is 15.0. The van der Waals surface area contributed by atoms with Gasteiger partial charge in [0.15, 0.2) is 0 Å². The van der Waals surface area contributed by atoms with Crippen molar-refractivity contribution in [3.8, 4) is 0 Å². The lowest BCUT2D eigenvalue weighted by atomic mass is 10.1. The smallest absolute Gasteiger partial charge is 0.0409 e. The summed E-state index contributed by atoms with van der Waals surface area (Å²) in [4.78, 5) is 0. The van der Waals surface area contributed by atoms with E-state index in [0.717, 1.165) is 22.9 Å². The van der Waals surface area contributed by atoms with E-state index in [1.165, 1.54) is 16.7 Å². The van der Waals surface area contributed by atoms with Crippen LogP contribution in [0.1, 0.15) is 29.7 Å². The number of hydrogen-bond acceptors (Lipinski definition) is 1. The number of fused-ring (bicyclic) bond motifs is 1. The van der Waals surface area contributed by atoms with Gasteiger partial charge in [-0.05, 0) is 60.7 Å². The van der Waals surface area contributed by atoms with Crippen LogP contribution in [0.3, 0.4) is 0 Å². The van der Waals surface area contributed by atoms with E-state index in [4.69, 9.17) is 23.2 Å². The molecule has 0 aromatic heterocycles. The Labute approximate surface area is 129 Å². The summed E-state index contributed by atoms with van der Waals surface area (Å²) in [7, 11) is 0. The van der Waals surface area contributed by atoms with E-state index in [0.29, 0.717) is 12.1 Å². The summed E-state index contributed by atoms with van der Waals surface area (Å²) >= 11 is 12.1. The minimum absolute atomic E-state index is 0.295. The van der Waals surface area contributed by atoms with Crippen molar-refractivity contribution in [2.45, 2.75) is 31.8 Å². The minimum atomic E-state index is 0.295. The van der Waals surface area contributed by atoms with E-state index in [2.05, 4.69) is 30.4 Å². The Kier molecular flexibility index (Phi) is 4.02. The molecular weight excluding hydrogens is 289 g/mol. The predicted octanol–water partition coefficient (Wildman–Crippen LogP) is 4.81. The van der Waals surface area contributed by atoms with Crippen LogP contribution in [0.2, 0.25) is 10.0 Å². The molecule has 0 spiro atoms. The predicted molar refractivity (Wildman–Crippen MR) is 85.7 cm³/mol. The van der Waals surface area contributed by atoms with Gasteiger partial charge in [0.25, 0.3) is 0 Å². The SMILES string of the molecule is C[C@@H](NC1Cc2ccc(Cl)cc2C1)c1cccc(Cl)c1. The topological polar surface area (TPSA) is 12.0 Å². The Bertz CT molecular complexity index is 624. The summed E-state index contributed by atoms with van der Waals surface area (Å²) in [5.41, 5.74) is 4.00. The van der Waals surface area contributed by atoms with Crippen LogP contribution in [0, 0.1) is 0 Å². The molecular formula is C17H17Cl2N.